The molecule has 0 N–H and O–H groups in total. The number of amides is 1. The highest BCUT2D eigenvalue weighted by atomic mass is 32.1. The number of nitrogens with zero attached hydrogens (tertiary/aromatic N) is 2. The van der Waals surface area contributed by atoms with E-state index in [1.165, 1.54) is 23.5 Å². The largest absolute Gasteiger partial charge is 0.486 e. The molecule has 7 heteroatoms. The summed E-state index contributed by atoms with van der Waals surface area (Å²) in [6.45, 7) is 5.12. The minimum atomic E-state index is -0.299. The van der Waals surface area contributed by atoms with Crippen molar-refractivity contribution in [1.29, 1.82) is 0 Å². The molecule has 150 valence electrons. The van der Waals surface area contributed by atoms with E-state index in [4.69, 9.17) is 9.47 Å². The Kier molecular flexibility index (Phi) is 5.49. The van der Waals surface area contributed by atoms with E-state index < -0.39 is 0 Å². The van der Waals surface area contributed by atoms with E-state index in [-0.39, 0.29) is 17.8 Å². The first-order chi connectivity index (χ1) is 14.0. The van der Waals surface area contributed by atoms with Crippen LogP contribution in [0, 0.1) is 12.7 Å². The molecule has 0 spiro atoms. The summed E-state index contributed by atoms with van der Waals surface area (Å²) in [5, 5.41) is 0.702. The molecule has 0 radical (unpaired) electrons. The number of carbonyl (C=O) groups is 1. The highest BCUT2D eigenvalue weighted by molar-refractivity contribution is 7.17. The zero-order valence-corrected chi connectivity index (χ0v) is 17.0. The number of hydrogen-bond donors (Lipinski definition) is 0. The van der Waals surface area contributed by atoms with Crippen LogP contribution in [0.15, 0.2) is 48.5 Å². The van der Waals surface area contributed by atoms with E-state index >= 15 is 0 Å². The van der Waals surface area contributed by atoms with E-state index in [1.54, 1.807) is 17.0 Å². The number of ether oxygens (including phenoxy) is 2. The van der Waals surface area contributed by atoms with E-state index in [0.29, 0.717) is 41.0 Å². The van der Waals surface area contributed by atoms with Gasteiger partial charge in [0.15, 0.2) is 17.6 Å². The third-order valence-electron chi connectivity index (χ3n) is 4.74. The Morgan fingerprint density at radius 2 is 1.93 bits per heavy atom. The SMILES string of the molecule is CCN(CC1COc2ccccc2O1)C(=O)c1sc(-c2ccc(F)cc2)nc1C. The highest BCUT2D eigenvalue weighted by Gasteiger charge is 2.27. The van der Waals surface area contributed by atoms with Crippen molar-refractivity contribution in [2.24, 2.45) is 0 Å². The van der Waals surface area contributed by atoms with Crippen LogP contribution in [0.4, 0.5) is 4.39 Å². The Balaban J connectivity index is 1.50. The first-order valence-electron chi connectivity index (χ1n) is 9.46. The van der Waals surface area contributed by atoms with Gasteiger partial charge in [0, 0.05) is 12.1 Å². The van der Waals surface area contributed by atoms with Crippen LogP contribution in [0.25, 0.3) is 10.6 Å². The summed E-state index contributed by atoms with van der Waals surface area (Å²) in [5.41, 5.74) is 1.46. The minimum Gasteiger partial charge on any atom is -0.486 e. The zero-order valence-electron chi connectivity index (χ0n) is 16.2. The molecule has 4 rings (SSSR count). The van der Waals surface area contributed by atoms with Crippen LogP contribution in [-0.2, 0) is 0 Å². The van der Waals surface area contributed by atoms with E-state index in [9.17, 15) is 9.18 Å². The number of likely N-dealkylation sites (N-methyl/N-ethyl adjacent to an activating group) is 1. The lowest BCUT2D eigenvalue weighted by Crippen LogP contribution is -2.43. The van der Waals surface area contributed by atoms with Crippen LogP contribution in [0.1, 0.15) is 22.3 Å². The average molecular weight is 412 g/mol. The van der Waals surface area contributed by atoms with Crippen LogP contribution in [0.2, 0.25) is 0 Å². The summed E-state index contributed by atoms with van der Waals surface area (Å²) in [4.78, 5) is 20.0. The standard InChI is InChI=1S/C22H21FN2O3S/c1-3-25(12-17-13-27-18-6-4-5-7-19(18)28-17)22(26)20-14(2)24-21(29-20)15-8-10-16(23)11-9-15/h4-11,17H,3,12-13H2,1-2H3. The summed E-state index contributed by atoms with van der Waals surface area (Å²) >= 11 is 1.32. The molecule has 2 aromatic carbocycles. The lowest BCUT2D eigenvalue weighted by atomic mass is 10.2. The highest BCUT2D eigenvalue weighted by Crippen LogP contribution is 2.32. The number of benzene rings is 2. The zero-order chi connectivity index (χ0) is 20.4. The van der Waals surface area contributed by atoms with Gasteiger partial charge in [-0.05, 0) is 50.2 Å². The number of aryl methyl sites for hydroxylation is 1. The molecule has 0 aliphatic carbocycles. The van der Waals surface area contributed by atoms with Crippen molar-refractivity contribution in [2.45, 2.75) is 20.0 Å². The number of rotatable bonds is 5. The first-order valence-corrected chi connectivity index (χ1v) is 10.3. The fourth-order valence-corrected chi connectivity index (χ4v) is 4.25. The van der Waals surface area contributed by atoms with Gasteiger partial charge in [0.25, 0.3) is 5.91 Å². The molecular formula is C22H21FN2O3S. The molecule has 0 bridgehead atoms. The molecule has 5 nitrogen and oxygen atoms in total. The van der Waals surface area contributed by atoms with Crippen LogP contribution in [0.5, 0.6) is 11.5 Å². The molecule has 1 unspecified atom stereocenters. The molecule has 1 atom stereocenters. The number of fused-ring (bicyclic) bond motifs is 1. The Bertz CT molecular complexity index is 1020. The summed E-state index contributed by atoms with van der Waals surface area (Å²) in [7, 11) is 0. The van der Waals surface area contributed by atoms with Crippen LogP contribution < -0.4 is 9.47 Å². The van der Waals surface area contributed by atoms with Gasteiger partial charge in [0.05, 0.1) is 12.2 Å². The second kappa shape index (κ2) is 8.21. The predicted molar refractivity (Wildman–Crippen MR) is 110 cm³/mol. The Labute approximate surface area is 172 Å². The Morgan fingerprint density at radius 1 is 1.21 bits per heavy atom. The van der Waals surface area contributed by atoms with Gasteiger partial charge in [-0.15, -0.1) is 11.3 Å². The molecule has 1 aliphatic heterocycles. The number of hydrogen-bond acceptors (Lipinski definition) is 5. The van der Waals surface area contributed by atoms with Crippen molar-refractivity contribution in [3.8, 4) is 22.1 Å². The van der Waals surface area contributed by atoms with E-state index in [1.807, 2.05) is 38.1 Å². The molecule has 0 saturated carbocycles. The number of aromatic nitrogens is 1. The smallest absolute Gasteiger partial charge is 0.265 e. The minimum absolute atomic E-state index is 0.0849. The van der Waals surface area contributed by atoms with Gasteiger partial charge in [0.1, 0.15) is 22.3 Å². The molecule has 2 heterocycles. The van der Waals surface area contributed by atoms with Gasteiger partial charge in [-0.1, -0.05) is 12.1 Å². The summed E-state index contributed by atoms with van der Waals surface area (Å²) < 4.78 is 24.9. The van der Waals surface area contributed by atoms with Crippen LogP contribution in [-0.4, -0.2) is 41.6 Å². The predicted octanol–water partition coefficient (Wildman–Crippen LogP) is 4.56. The van der Waals surface area contributed by atoms with Crippen LogP contribution in [0.3, 0.4) is 0 Å². The van der Waals surface area contributed by atoms with Crippen LogP contribution >= 0.6 is 11.3 Å². The van der Waals surface area contributed by atoms with Gasteiger partial charge >= 0.3 is 0 Å². The van der Waals surface area contributed by atoms with Gasteiger partial charge in [-0.25, -0.2) is 9.37 Å². The fourth-order valence-electron chi connectivity index (χ4n) is 3.21. The maximum atomic E-state index is 13.2. The normalized spacial score (nSPS) is 15.2. The summed E-state index contributed by atoms with van der Waals surface area (Å²) in [6.07, 6.45) is -0.237. The van der Waals surface area contributed by atoms with Crippen molar-refractivity contribution >= 4 is 17.2 Å². The topological polar surface area (TPSA) is 51.7 Å². The quantitative estimate of drug-likeness (QED) is 0.617. The second-order valence-electron chi connectivity index (χ2n) is 6.78. The Hall–Kier alpha value is -2.93. The third-order valence-corrected chi connectivity index (χ3v) is 5.94. The monoisotopic (exact) mass is 412 g/mol. The van der Waals surface area contributed by atoms with Gasteiger partial charge in [0.2, 0.25) is 0 Å². The lowest BCUT2D eigenvalue weighted by Gasteiger charge is -2.30. The lowest BCUT2D eigenvalue weighted by molar-refractivity contribution is 0.0477. The maximum absolute atomic E-state index is 13.2. The number of halogens is 1. The summed E-state index contributed by atoms with van der Waals surface area (Å²) in [6, 6.07) is 13.6. The maximum Gasteiger partial charge on any atom is 0.265 e. The van der Waals surface area contributed by atoms with Gasteiger partial charge in [-0.2, -0.15) is 0 Å². The van der Waals surface area contributed by atoms with Crippen molar-refractivity contribution in [2.75, 3.05) is 19.7 Å². The molecule has 1 aromatic heterocycles. The van der Waals surface area contributed by atoms with E-state index in [2.05, 4.69) is 4.98 Å². The van der Waals surface area contributed by atoms with Crippen molar-refractivity contribution in [1.82, 2.24) is 9.88 Å². The van der Waals surface area contributed by atoms with Crippen molar-refractivity contribution < 1.29 is 18.7 Å². The number of para-hydroxylation sites is 2. The summed E-state index contributed by atoms with van der Waals surface area (Å²) in [5.74, 6) is 1.03. The number of thiazole rings is 1. The molecule has 1 amide bonds. The third kappa shape index (κ3) is 4.10. The second-order valence-corrected chi connectivity index (χ2v) is 7.78. The number of carbonyl (C=O) groups excluding carboxylic acids is 1. The molecular weight excluding hydrogens is 391 g/mol. The average Bonchev–Trinajstić information content (AvgIpc) is 3.13. The molecule has 0 fully saturated rings. The molecule has 3 aromatic rings. The van der Waals surface area contributed by atoms with Crippen molar-refractivity contribution in [3.05, 3.63) is 64.9 Å². The Morgan fingerprint density at radius 3 is 2.66 bits per heavy atom. The fraction of sp³-hybridized carbons (Fsp3) is 0.273. The van der Waals surface area contributed by atoms with Crippen molar-refractivity contribution in [3.63, 3.8) is 0 Å². The molecule has 29 heavy (non-hydrogen) atoms. The molecule has 1 aliphatic rings. The van der Waals surface area contributed by atoms with E-state index in [0.717, 1.165) is 11.3 Å². The van der Waals surface area contributed by atoms with Gasteiger partial charge < -0.3 is 14.4 Å². The van der Waals surface area contributed by atoms with Gasteiger partial charge in [-0.3, -0.25) is 4.79 Å². The molecule has 0 saturated heterocycles. The first kappa shape index (κ1) is 19.4.